The van der Waals surface area contributed by atoms with Crippen molar-refractivity contribution in [1.29, 1.82) is 0 Å². The molecule has 1 nitrogen and oxygen atoms in total. The molecule has 0 aromatic heterocycles. The number of alkyl halides is 3. The summed E-state index contributed by atoms with van der Waals surface area (Å²) in [7, 11) is 0. The van der Waals surface area contributed by atoms with E-state index < -0.39 is 12.1 Å². The zero-order valence-corrected chi connectivity index (χ0v) is 22.3. The van der Waals surface area contributed by atoms with Crippen LogP contribution in [0.4, 0.5) is 13.2 Å². The molecular weight excluding hydrogens is 421 g/mol. The Morgan fingerprint density at radius 1 is 0.939 bits per heavy atom. The van der Waals surface area contributed by atoms with Crippen molar-refractivity contribution in [3.63, 3.8) is 0 Å². The van der Waals surface area contributed by atoms with Gasteiger partial charge >= 0.3 is 6.18 Å². The second kappa shape index (κ2) is 10.0. The van der Waals surface area contributed by atoms with Crippen LogP contribution >= 0.6 is 0 Å². The van der Waals surface area contributed by atoms with Gasteiger partial charge in [-0.25, -0.2) is 0 Å². The summed E-state index contributed by atoms with van der Waals surface area (Å²) < 4.78 is 39.0. The summed E-state index contributed by atoms with van der Waals surface area (Å²) in [4.78, 5) is 0. The van der Waals surface area contributed by atoms with E-state index >= 15 is 0 Å². The predicted molar refractivity (Wildman–Crippen MR) is 131 cm³/mol. The van der Waals surface area contributed by atoms with E-state index in [-0.39, 0.29) is 12.5 Å². The number of halogens is 3. The fourth-order valence-corrected chi connectivity index (χ4v) is 9.63. The van der Waals surface area contributed by atoms with Crippen LogP contribution < -0.4 is 0 Å². The van der Waals surface area contributed by atoms with Gasteiger partial charge in [0.15, 0.2) is 0 Å². The third kappa shape index (κ3) is 4.77. The molecule has 0 aliphatic heterocycles. The molecule has 4 rings (SSSR count). The molecule has 0 saturated heterocycles. The van der Waals surface area contributed by atoms with Gasteiger partial charge in [0.1, 0.15) is 0 Å². The molecule has 0 aromatic rings. The van der Waals surface area contributed by atoms with E-state index in [9.17, 15) is 18.3 Å². The van der Waals surface area contributed by atoms with Crippen molar-refractivity contribution < 1.29 is 18.3 Å². The summed E-state index contributed by atoms with van der Waals surface area (Å²) in [5, 5.41) is 10.3. The van der Waals surface area contributed by atoms with Gasteiger partial charge in [0.25, 0.3) is 0 Å². The molecular formula is C29H51F3O. The lowest BCUT2D eigenvalue weighted by Gasteiger charge is -2.61. The summed E-state index contributed by atoms with van der Waals surface area (Å²) in [5.41, 5.74) is 0.672. The number of hydrogen-bond acceptors (Lipinski definition) is 1. The van der Waals surface area contributed by atoms with E-state index in [2.05, 4.69) is 27.7 Å². The van der Waals surface area contributed by atoms with Crippen molar-refractivity contribution in [1.82, 2.24) is 0 Å². The van der Waals surface area contributed by atoms with Gasteiger partial charge in [0.2, 0.25) is 0 Å². The third-order valence-corrected chi connectivity index (χ3v) is 11.5. The quantitative estimate of drug-likeness (QED) is 0.433. The smallest absolute Gasteiger partial charge is 0.391 e. The molecule has 11 atom stereocenters. The number of fused-ring (bicyclic) bond motifs is 5. The number of hydrogen-bond donors (Lipinski definition) is 1. The summed E-state index contributed by atoms with van der Waals surface area (Å²) in [6.45, 7) is 15.2. The molecule has 1 N–H and O–H groups in total. The van der Waals surface area contributed by atoms with E-state index in [1.807, 2.05) is 13.8 Å². The number of aliphatic hydroxyl groups excluding tert-OH is 1. The predicted octanol–water partition coefficient (Wildman–Crippen LogP) is 8.89. The third-order valence-electron chi connectivity index (χ3n) is 11.5. The molecule has 4 fully saturated rings. The molecule has 4 saturated carbocycles. The molecule has 0 aromatic carbocycles. The minimum atomic E-state index is -4.05. The normalized spacial score (nSPS) is 48.1. The van der Waals surface area contributed by atoms with Gasteiger partial charge in [0.05, 0.1) is 12.0 Å². The maximum Gasteiger partial charge on any atom is 0.391 e. The molecule has 4 aliphatic rings. The molecule has 4 aliphatic carbocycles. The minimum Gasteiger partial charge on any atom is -0.393 e. The van der Waals surface area contributed by atoms with Gasteiger partial charge in [-0.3, -0.25) is 0 Å². The summed E-state index contributed by atoms with van der Waals surface area (Å²) in [6, 6.07) is 0. The largest absolute Gasteiger partial charge is 0.393 e. The van der Waals surface area contributed by atoms with Crippen LogP contribution in [0, 0.1) is 58.2 Å². The first kappa shape index (κ1) is 27.3. The minimum absolute atomic E-state index is 0.0996. The molecule has 4 heteroatoms. The Hall–Kier alpha value is -0.250. The lowest BCUT2D eigenvalue weighted by Crippen LogP contribution is -2.54. The van der Waals surface area contributed by atoms with Crippen molar-refractivity contribution in [2.75, 3.05) is 0 Å². The van der Waals surface area contributed by atoms with Crippen LogP contribution in [-0.4, -0.2) is 17.4 Å². The molecule has 33 heavy (non-hydrogen) atoms. The maximum absolute atomic E-state index is 13.0. The van der Waals surface area contributed by atoms with Crippen LogP contribution in [-0.2, 0) is 0 Å². The van der Waals surface area contributed by atoms with Crippen molar-refractivity contribution in [3.8, 4) is 0 Å². The molecule has 0 radical (unpaired) electrons. The Morgan fingerprint density at radius 3 is 2.21 bits per heavy atom. The van der Waals surface area contributed by atoms with Gasteiger partial charge in [-0.05, 0) is 110 Å². The van der Waals surface area contributed by atoms with Crippen LogP contribution in [0.15, 0.2) is 0 Å². The lowest BCUT2D eigenvalue weighted by molar-refractivity contribution is -0.171. The van der Waals surface area contributed by atoms with Crippen LogP contribution in [0.2, 0.25) is 0 Å². The van der Waals surface area contributed by atoms with Crippen molar-refractivity contribution >= 4 is 0 Å². The van der Waals surface area contributed by atoms with Gasteiger partial charge in [-0.15, -0.1) is 0 Å². The Labute approximate surface area is 201 Å². The number of aliphatic hydroxyl groups is 1. The molecule has 194 valence electrons. The SMILES string of the molecule is CC.CC1C(CCCC(C)C(F)(F)F)C2(C)CCC3C(CCC4CC(O)CCC43C)C2[C@@H]1C. The Morgan fingerprint density at radius 2 is 1.58 bits per heavy atom. The fourth-order valence-electron chi connectivity index (χ4n) is 9.63. The molecule has 10 unspecified atom stereocenters. The van der Waals surface area contributed by atoms with Gasteiger partial charge in [0, 0.05) is 0 Å². The molecule has 0 heterocycles. The summed E-state index contributed by atoms with van der Waals surface area (Å²) in [6.07, 6.45) is 6.01. The second-order valence-electron chi connectivity index (χ2n) is 12.7. The zero-order chi connectivity index (χ0) is 24.8. The monoisotopic (exact) mass is 472 g/mol. The highest BCUT2D eigenvalue weighted by Crippen LogP contribution is 2.70. The zero-order valence-electron chi connectivity index (χ0n) is 22.3. The van der Waals surface area contributed by atoms with E-state index in [4.69, 9.17) is 0 Å². The standard InChI is InChI=1S/C27H45F3O.C2H6/c1-16(27(28,29)30)7-6-8-22-17(2)18(3)24-21-10-9-19-15-20(31)11-13-25(19,4)23(21)12-14-26(22,24)5;1-2/h16-24,31H,6-15H2,1-5H3;1-2H3/t16?,17?,18-,19?,20?,21?,22?,23?,24?,25?,26?;/m1./s1. The molecule has 0 bridgehead atoms. The molecule has 0 amide bonds. The first-order valence-corrected chi connectivity index (χ1v) is 14.1. The van der Waals surface area contributed by atoms with Gasteiger partial charge in [-0.1, -0.05) is 54.9 Å². The van der Waals surface area contributed by atoms with E-state index in [1.165, 1.54) is 39.0 Å². The van der Waals surface area contributed by atoms with Crippen LogP contribution in [0.5, 0.6) is 0 Å². The van der Waals surface area contributed by atoms with E-state index in [0.717, 1.165) is 37.0 Å². The van der Waals surface area contributed by atoms with Crippen LogP contribution in [0.1, 0.15) is 113 Å². The summed E-state index contributed by atoms with van der Waals surface area (Å²) >= 11 is 0. The van der Waals surface area contributed by atoms with Crippen molar-refractivity contribution in [2.45, 2.75) is 125 Å². The molecule has 0 spiro atoms. The maximum atomic E-state index is 13.0. The van der Waals surface area contributed by atoms with E-state index in [0.29, 0.717) is 40.9 Å². The number of rotatable bonds is 4. The highest BCUT2D eigenvalue weighted by Gasteiger charge is 2.63. The van der Waals surface area contributed by atoms with Gasteiger partial charge in [-0.2, -0.15) is 13.2 Å². The topological polar surface area (TPSA) is 20.2 Å². The Kier molecular flexibility index (Phi) is 8.30. The summed E-state index contributed by atoms with van der Waals surface area (Å²) in [5.74, 6) is 3.59. The average Bonchev–Trinajstić information content (AvgIpc) is 2.95. The second-order valence-corrected chi connectivity index (χ2v) is 12.7. The Bertz CT molecular complexity index is 647. The first-order valence-electron chi connectivity index (χ1n) is 14.1. The highest BCUT2D eigenvalue weighted by atomic mass is 19.4. The highest BCUT2D eigenvalue weighted by molar-refractivity contribution is 5.12. The first-order chi connectivity index (χ1) is 15.4. The van der Waals surface area contributed by atoms with Crippen molar-refractivity contribution in [2.24, 2.45) is 58.2 Å². The van der Waals surface area contributed by atoms with Crippen LogP contribution in [0.3, 0.4) is 0 Å². The van der Waals surface area contributed by atoms with Crippen molar-refractivity contribution in [3.05, 3.63) is 0 Å². The average molecular weight is 473 g/mol. The van der Waals surface area contributed by atoms with Crippen LogP contribution in [0.25, 0.3) is 0 Å². The Balaban J connectivity index is 0.00000149. The lowest BCUT2D eigenvalue weighted by atomic mass is 9.44. The fraction of sp³-hybridized carbons (Fsp3) is 1.00. The van der Waals surface area contributed by atoms with Gasteiger partial charge < -0.3 is 5.11 Å². The van der Waals surface area contributed by atoms with E-state index in [1.54, 1.807) is 0 Å².